The van der Waals surface area contributed by atoms with Crippen LogP contribution in [-0.2, 0) is 9.47 Å². The lowest BCUT2D eigenvalue weighted by Gasteiger charge is -2.33. The van der Waals surface area contributed by atoms with Crippen LogP contribution in [0.4, 0.5) is 0 Å². The first-order valence-electron chi connectivity index (χ1n) is 6.57. The molecule has 0 heterocycles. The van der Waals surface area contributed by atoms with Gasteiger partial charge in [-0.3, -0.25) is 0 Å². The quantitative estimate of drug-likeness (QED) is 0.693. The number of ether oxygens (including phenoxy) is 2. The van der Waals surface area contributed by atoms with Crippen LogP contribution in [0.5, 0.6) is 0 Å². The molecule has 1 unspecified atom stereocenters. The minimum atomic E-state index is 0.312. The predicted molar refractivity (Wildman–Crippen MR) is 66.8 cm³/mol. The summed E-state index contributed by atoms with van der Waals surface area (Å²) in [7, 11) is 1.78. The summed E-state index contributed by atoms with van der Waals surface area (Å²) < 4.78 is 10.7. The molecule has 3 heteroatoms. The Labute approximate surface area is 99.9 Å². The highest BCUT2D eigenvalue weighted by Gasteiger charge is 2.34. The fourth-order valence-electron chi connectivity index (χ4n) is 2.67. The molecule has 3 nitrogen and oxygen atoms in total. The Balaban J connectivity index is 2.37. The van der Waals surface area contributed by atoms with Gasteiger partial charge in [0, 0.05) is 31.9 Å². The van der Waals surface area contributed by atoms with E-state index >= 15 is 0 Å². The van der Waals surface area contributed by atoms with Gasteiger partial charge in [0.2, 0.25) is 0 Å². The highest BCUT2D eigenvalue weighted by atomic mass is 16.5. The minimum Gasteiger partial charge on any atom is -0.385 e. The van der Waals surface area contributed by atoms with Crippen molar-refractivity contribution in [2.24, 2.45) is 0 Å². The smallest absolute Gasteiger partial charge is 0.0616 e. The minimum absolute atomic E-state index is 0.312. The SMILES string of the molecule is CCOCC(C)NC1(CCOC)CCCC1. The number of methoxy groups -OCH3 is 1. The van der Waals surface area contributed by atoms with E-state index in [1.807, 2.05) is 6.92 Å². The molecule has 0 saturated heterocycles. The highest BCUT2D eigenvalue weighted by molar-refractivity contribution is 4.94. The Morgan fingerprint density at radius 3 is 2.56 bits per heavy atom. The van der Waals surface area contributed by atoms with E-state index < -0.39 is 0 Å². The van der Waals surface area contributed by atoms with E-state index in [2.05, 4.69) is 12.2 Å². The second-order valence-electron chi connectivity index (χ2n) is 4.94. The van der Waals surface area contributed by atoms with E-state index in [0.29, 0.717) is 11.6 Å². The molecule has 0 amide bonds. The van der Waals surface area contributed by atoms with Crippen molar-refractivity contribution in [3.8, 4) is 0 Å². The lowest BCUT2D eigenvalue weighted by Crippen LogP contribution is -2.49. The maximum Gasteiger partial charge on any atom is 0.0616 e. The number of nitrogens with one attached hydrogen (secondary N) is 1. The van der Waals surface area contributed by atoms with E-state index in [9.17, 15) is 0 Å². The summed E-state index contributed by atoms with van der Waals surface area (Å²) in [5.74, 6) is 0. The first-order chi connectivity index (χ1) is 7.72. The first kappa shape index (κ1) is 13.9. The third kappa shape index (κ3) is 4.40. The van der Waals surface area contributed by atoms with Gasteiger partial charge in [0.1, 0.15) is 0 Å². The summed E-state index contributed by atoms with van der Waals surface area (Å²) in [6.45, 7) is 6.72. The van der Waals surface area contributed by atoms with E-state index in [1.54, 1.807) is 7.11 Å². The summed E-state index contributed by atoms with van der Waals surface area (Å²) in [6.07, 6.45) is 6.38. The number of rotatable bonds is 8. The van der Waals surface area contributed by atoms with E-state index in [1.165, 1.54) is 25.7 Å². The highest BCUT2D eigenvalue weighted by Crippen LogP contribution is 2.33. The summed E-state index contributed by atoms with van der Waals surface area (Å²) in [6, 6.07) is 0.440. The molecule has 0 spiro atoms. The first-order valence-corrected chi connectivity index (χ1v) is 6.57. The molecule has 16 heavy (non-hydrogen) atoms. The lowest BCUT2D eigenvalue weighted by molar-refractivity contribution is 0.101. The van der Waals surface area contributed by atoms with Gasteiger partial charge in [0.25, 0.3) is 0 Å². The zero-order chi connectivity index (χ0) is 11.9. The maximum atomic E-state index is 5.46. The van der Waals surface area contributed by atoms with Crippen LogP contribution in [-0.4, -0.2) is 38.5 Å². The monoisotopic (exact) mass is 229 g/mol. The van der Waals surface area contributed by atoms with Gasteiger partial charge in [-0.1, -0.05) is 12.8 Å². The fraction of sp³-hybridized carbons (Fsp3) is 1.00. The second kappa shape index (κ2) is 7.25. The Morgan fingerprint density at radius 2 is 2.00 bits per heavy atom. The molecule has 1 N–H and O–H groups in total. The van der Waals surface area contributed by atoms with Gasteiger partial charge in [-0.15, -0.1) is 0 Å². The van der Waals surface area contributed by atoms with Gasteiger partial charge in [0.15, 0.2) is 0 Å². The number of hydrogen-bond donors (Lipinski definition) is 1. The van der Waals surface area contributed by atoms with E-state index in [0.717, 1.165) is 26.2 Å². The summed E-state index contributed by atoms with van der Waals surface area (Å²) in [4.78, 5) is 0. The molecule has 1 fully saturated rings. The fourth-order valence-corrected chi connectivity index (χ4v) is 2.67. The number of hydrogen-bond acceptors (Lipinski definition) is 3. The van der Waals surface area contributed by atoms with Crippen LogP contribution in [0.15, 0.2) is 0 Å². The third-order valence-corrected chi connectivity index (χ3v) is 3.47. The van der Waals surface area contributed by atoms with Crippen LogP contribution >= 0.6 is 0 Å². The van der Waals surface area contributed by atoms with Crippen LogP contribution in [0.2, 0.25) is 0 Å². The van der Waals surface area contributed by atoms with Gasteiger partial charge < -0.3 is 14.8 Å². The molecule has 0 aromatic rings. The molecular formula is C13H27NO2. The Hall–Kier alpha value is -0.120. The zero-order valence-electron chi connectivity index (χ0n) is 11.1. The molecule has 0 bridgehead atoms. The summed E-state index contributed by atoms with van der Waals surface area (Å²) >= 11 is 0. The van der Waals surface area contributed by atoms with Gasteiger partial charge in [-0.05, 0) is 33.1 Å². The molecule has 0 radical (unpaired) electrons. The van der Waals surface area contributed by atoms with Crippen molar-refractivity contribution in [2.75, 3.05) is 26.9 Å². The normalized spacial score (nSPS) is 21.2. The molecule has 96 valence electrons. The molecule has 1 saturated carbocycles. The predicted octanol–water partition coefficient (Wildman–Crippen LogP) is 2.35. The van der Waals surface area contributed by atoms with Gasteiger partial charge >= 0.3 is 0 Å². The topological polar surface area (TPSA) is 30.5 Å². The lowest BCUT2D eigenvalue weighted by atomic mass is 9.92. The molecule has 0 aromatic heterocycles. The zero-order valence-corrected chi connectivity index (χ0v) is 11.1. The molecule has 0 aromatic carbocycles. The van der Waals surface area contributed by atoms with Crippen molar-refractivity contribution in [1.82, 2.24) is 5.32 Å². The van der Waals surface area contributed by atoms with Crippen LogP contribution in [0.3, 0.4) is 0 Å². The van der Waals surface area contributed by atoms with Crippen molar-refractivity contribution >= 4 is 0 Å². The molecule has 1 aliphatic carbocycles. The molecule has 1 aliphatic rings. The Kier molecular flexibility index (Phi) is 6.32. The van der Waals surface area contributed by atoms with Crippen molar-refractivity contribution in [2.45, 2.75) is 57.5 Å². The molecular weight excluding hydrogens is 202 g/mol. The summed E-state index contributed by atoms with van der Waals surface area (Å²) in [5.41, 5.74) is 0.312. The van der Waals surface area contributed by atoms with E-state index in [-0.39, 0.29) is 0 Å². The van der Waals surface area contributed by atoms with Crippen LogP contribution < -0.4 is 5.32 Å². The molecule has 0 aliphatic heterocycles. The maximum absolute atomic E-state index is 5.46. The Morgan fingerprint density at radius 1 is 1.31 bits per heavy atom. The molecule has 1 rings (SSSR count). The van der Waals surface area contributed by atoms with Gasteiger partial charge in [0.05, 0.1) is 6.61 Å². The Bertz CT molecular complexity index is 179. The van der Waals surface area contributed by atoms with Gasteiger partial charge in [-0.25, -0.2) is 0 Å². The van der Waals surface area contributed by atoms with Crippen molar-refractivity contribution < 1.29 is 9.47 Å². The largest absolute Gasteiger partial charge is 0.385 e. The van der Waals surface area contributed by atoms with Crippen molar-refractivity contribution in [1.29, 1.82) is 0 Å². The van der Waals surface area contributed by atoms with E-state index in [4.69, 9.17) is 9.47 Å². The van der Waals surface area contributed by atoms with Crippen LogP contribution in [0.1, 0.15) is 46.0 Å². The third-order valence-electron chi connectivity index (χ3n) is 3.47. The average molecular weight is 229 g/mol. The van der Waals surface area contributed by atoms with Crippen LogP contribution in [0.25, 0.3) is 0 Å². The second-order valence-corrected chi connectivity index (χ2v) is 4.94. The van der Waals surface area contributed by atoms with Crippen LogP contribution in [0, 0.1) is 0 Å². The summed E-state index contributed by atoms with van der Waals surface area (Å²) in [5, 5.41) is 3.76. The van der Waals surface area contributed by atoms with Gasteiger partial charge in [-0.2, -0.15) is 0 Å². The van der Waals surface area contributed by atoms with Crippen molar-refractivity contribution in [3.05, 3.63) is 0 Å². The molecule has 1 atom stereocenters. The van der Waals surface area contributed by atoms with Crippen molar-refractivity contribution in [3.63, 3.8) is 0 Å². The standard InChI is InChI=1S/C13H27NO2/c1-4-16-11-12(2)14-13(9-10-15-3)7-5-6-8-13/h12,14H,4-11H2,1-3H3. The average Bonchev–Trinajstić information content (AvgIpc) is 2.72.